The molecule has 0 saturated carbocycles. The second-order valence-electron chi connectivity index (χ2n) is 4.64. The number of nitrogens with one attached hydrogen (secondary N) is 1. The topological polar surface area (TPSA) is 37.8 Å². The van der Waals surface area contributed by atoms with E-state index in [4.69, 9.17) is 0 Å². The highest BCUT2D eigenvalue weighted by Crippen LogP contribution is 2.28. The monoisotopic (exact) mass is 299 g/mol. The molecule has 0 aliphatic heterocycles. The van der Waals surface area contributed by atoms with Gasteiger partial charge in [-0.15, -0.1) is 0 Å². The smallest absolute Gasteiger partial charge is 0.348 e. The molecule has 1 aromatic carbocycles. The van der Waals surface area contributed by atoms with Crippen LogP contribution in [0, 0.1) is 12.7 Å². The largest absolute Gasteiger partial charge is 0.433 e. The molecule has 3 nitrogen and oxygen atoms in total. The van der Waals surface area contributed by atoms with Crippen LogP contribution in [0.5, 0.6) is 0 Å². The summed E-state index contributed by atoms with van der Waals surface area (Å²) in [6.45, 7) is 3.32. The number of benzene rings is 1. The van der Waals surface area contributed by atoms with Crippen molar-refractivity contribution in [3.63, 3.8) is 0 Å². The van der Waals surface area contributed by atoms with E-state index in [2.05, 4.69) is 15.3 Å². The van der Waals surface area contributed by atoms with Crippen LogP contribution >= 0.6 is 0 Å². The third-order valence-electron chi connectivity index (χ3n) is 2.99. The Kier molecular flexibility index (Phi) is 4.11. The summed E-state index contributed by atoms with van der Waals surface area (Å²) in [6.07, 6.45) is -3.50. The van der Waals surface area contributed by atoms with Crippen LogP contribution < -0.4 is 5.32 Å². The van der Waals surface area contributed by atoms with Crippen LogP contribution in [0.15, 0.2) is 30.5 Å². The van der Waals surface area contributed by atoms with E-state index in [1.165, 1.54) is 6.07 Å². The van der Waals surface area contributed by atoms with E-state index in [0.717, 1.165) is 12.3 Å². The van der Waals surface area contributed by atoms with Crippen molar-refractivity contribution >= 4 is 5.95 Å². The number of rotatable bonds is 3. The number of aromatic nitrogens is 2. The highest BCUT2D eigenvalue weighted by molar-refractivity contribution is 5.34. The summed E-state index contributed by atoms with van der Waals surface area (Å²) in [7, 11) is 0. The Bertz CT molecular complexity index is 640. The maximum absolute atomic E-state index is 13.5. The second kappa shape index (κ2) is 5.67. The predicted octanol–water partition coefficient (Wildman–Crippen LogP) is 4.12. The molecule has 0 fully saturated rings. The van der Waals surface area contributed by atoms with Crippen LogP contribution in [0.1, 0.15) is 29.8 Å². The van der Waals surface area contributed by atoms with Crippen LogP contribution in [0.4, 0.5) is 23.5 Å². The summed E-state index contributed by atoms with van der Waals surface area (Å²) in [6, 6.07) is 5.00. The fraction of sp³-hybridized carbons (Fsp3) is 0.286. The summed E-state index contributed by atoms with van der Waals surface area (Å²) in [5, 5.41) is 2.73. The molecule has 1 N–H and O–H groups in total. The zero-order valence-corrected chi connectivity index (χ0v) is 11.4. The molecule has 0 aliphatic carbocycles. The molecule has 1 aromatic heterocycles. The third-order valence-corrected chi connectivity index (χ3v) is 2.99. The minimum absolute atomic E-state index is 0.154. The van der Waals surface area contributed by atoms with Gasteiger partial charge in [-0.25, -0.2) is 14.4 Å². The number of aryl methyl sites for hydroxylation is 1. The molecule has 112 valence electrons. The van der Waals surface area contributed by atoms with Gasteiger partial charge in [0.15, 0.2) is 0 Å². The van der Waals surface area contributed by atoms with Gasteiger partial charge in [-0.05, 0) is 37.1 Å². The number of nitrogens with zero attached hydrogens (tertiary/aromatic N) is 2. The molecule has 0 amide bonds. The molecule has 0 spiro atoms. The molecule has 1 heterocycles. The maximum atomic E-state index is 13.5. The lowest BCUT2D eigenvalue weighted by molar-refractivity contribution is -0.141. The highest BCUT2D eigenvalue weighted by atomic mass is 19.4. The Morgan fingerprint density at radius 3 is 2.52 bits per heavy atom. The maximum Gasteiger partial charge on any atom is 0.433 e. The van der Waals surface area contributed by atoms with Crippen molar-refractivity contribution in [2.24, 2.45) is 0 Å². The SMILES string of the molecule is Cc1ccc(C(C)Nc2nccc(C(F)(F)F)n2)cc1F. The molecule has 21 heavy (non-hydrogen) atoms. The fourth-order valence-corrected chi connectivity index (χ4v) is 1.74. The van der Waals surface area contributed by atoms with Crippen LogP contribution in [0.25, 0.3) is 0 Å². The van der Waals surface area contributed by atoms with Crippen molar-refractivity contribution in [2.45, 2.75) is 26.1 Å². The van der Waals surface area contributed by atoms with Crippen molar-refractivity contribution in [3.8, 4) is 0 Å². The zero-order valence-electron chi connectivity index (χ0n) is 11.4. The Morgan fingerprint density at radius 1 is 1.19 bits per heavy atom. The predicted molar refractivity (Wildman–Crippen MR) is 70.2 cm³/mol. The zero-order chi connectivity index (χ0) is 15.6. The summed E-state index contributed by atoms with van der Waals surface area (Å²) in [5.41, 5.74) is 0.0719. The van der Waals surface area contributed by atoms with Gasteiger partial charge in [0.2, 0.25) is 5.95 Å². The first-order valence-electron chi connectivity index (χ1n) is 6.20. The number of anilines is 1. The van der Waals surface area contributed by atoms with Gasteiger partial charge in [-0.1, -0.05) is 12.1 Å². The first kappa shape index (κ1) is 15.2. The van der Waals surface area contributed by atoms with E-state index >= 15 is 0 Å². The number of hydrogen-bond donors (Lipinski definition) is 1. The lowest BCUT2D eigenvalue weighted by atomic mass is 10.1. The minimum Gasteiger partial charge on any atom is -0.348 e. The lowest BCUT2D eigenvalue weighted by Gasteiger charge is -2.15. The first-order valence-corrected chi connectivity index (χ1v) is 6.20. The highest BCUT2D eigenvalue weighted by Gasteiger charge is 2.32. The van der Waals surface area contributed by atoms with Gasteiger partial charge >= 0.3 is 6.18 Å². The molecule has 1 unspecified atom stereocenters. The number of hydrogen-bond acceptors (Lipinski definition) is 3. The van der Waals surface area contributed by atoms with Gasteiger partial charge in [0.1, 0.15) is 11.5 Å². The van der Waals surface area contributed by atoms with Gasteiger partial charge in [0.25, 0.3) is 0 Å². The van der Waals surface area contributed by atoms with Crippen molar-refractivity contribution in [1.82, 2.24) is 9.97 Å². The molecule has 0 bridgehead atoms. The molecule has 0 aliphatic rings. The summed E-state index contributed by atoms with van der Waals surface area (Å²) in [5.74, 6) is -0.524. The fourth-order valence-electron chi connectivity index (χ4n) is 1.74. The van der Waals surface area contributed by atoms with E-state index in [0.29, 0.717) is 11.1 Å². The van der Waals surface area contributed by atoms with Gasteiger partial charge in [-0.3, -0.25) is 0 Å². The third kappa shape index (κ3) is 3.68. The van der Waals surface area contributed by atoms with Crippen LogP contribution in [-0.4, -0.2) is 9.97 Å². The summed E-state index contributed by atoms with van der Waals surface area (Å²) < 4.78 is 51.2. The lowest BCUT2D eigenvalue weighted by Crippen LogP contribution is -2.14. The van der Waals surface area contributed by atoms with Crippen LogP contribution in [0.2, 0.25) is 0 Å². The van der Waals surface area contributed by atoms with Crippen molar-refractivity contribution in [3.05, 3.63) is 53.1 Å². The van der Waals surface area contributed by atoms with Crippen molar-refractivity contribution in [2.75, 3.05) is 5.32 Å². The molecule has 2 aromatic rings. The molecule has 7 heteroatoms. The Morgan fingerprint density at radius 2 is 1.90 bits per heavy atom. The first-order chi connectivity index (χ1) is 9.77. The summed E-state index contributed by atoms with van der Waals surface area (Å²) >= 11 is 0. The molecule has 2 rings (SSSR count). The average Bonchev–Trinajstić information content (AvgIpc) is 2.41. The molecular formula is C14H13F4N3. The van der Waals surface area contributed by atoms with Gasteiger partial charge in [0, 0.05) is 6.20 Å². The summed E-state index contributed by atoms with van der Waals surface area (Å²) in [4.78, 5) is 7.15. The standard InChI is InChI=1S/C14H13F4N3/c1-8-3-4-10(7-11(8)15)9(2)20-13-19-6-5-12(21-13)14(16,17)18/h3-7,9H,1-2H3,(H,19,20,21). The van der Waals surface area contributed by atoms with Gasteiger partial charge in [0.05, 0.1) is 6.04 Å². The van der Waals surface area contributed by atoms with Crippen molar-refractivity contribution in [1.29, 1.82) is 0 Å². The van der Waals surface area contributed by atoms with Gasteiger partial charge < -0.3 is 5.32 Å². The minimum atomic E-state index is -4.53. The molecule has 0 saturated heterocycles. The van der Waals surface area contributed by atoms with E-state index in [-0.39, 0.29) is 11.8 Å². The molecular weight excluding hydrogens is 286 g/mol. The average molecular weight is 299 g/mol. The van der Waals surface area contributed by atoms with E-state index in [9.17, 15) is 17.6 Å². The normalized spacial score (nSPS) is 13.0. The van der Waals surface area contributed by atoms with E-state index in [1.807, 2.05) is 0 Å². The Balaban J connectivity index is 2.19. The van der Waals surface area contributed by atoms with E-state index in [1.54, 1.807) is 26.0 Å². The quantitative estimate of drug-likeness (QED) is 0.866. The van der Waals surface area contributed by atoms with Crippen LogP contribution in [-0.2, 0) is 6.18 Å². The Hall–Kier alpha value is -2.18. The Labute approximate surface area is 119 Å². The van der Waals surface area contributed by atoms with Gasteiger partial charge in [-0.2, -0.15) is 13.2 Å². The molecule has 1 atom stereocenters. The van der Waals surface area contributed by atoms with Crippen LogP contribution in [0.3, 0.4) is 0 Å². The van der Waals surface area contributed by atoms with E-state index < -0.39 is 17.9 Å². The number of alkyl halides is 3. The number of halogens is 4. The molecule has 0 radical (unpaired) electrons. The second-order valence-corrected chi connectivity index (χ2v) is 4.64. The van der Waals surface area contributed by atoms with Crippen molar-refractivity contribution < 1.29 is 17.6 Å².